The maximum atomic E-state index is 12.7. The molecule has 15 heteroatoms. The first-order valence-corrected chi connectivity index (χ1v) is 14.2. The van der Waals surface area contributed by atoms with Crippen LogP contribution >= 0.6 is 0 Å². The molecule has 45 heavy (non-hydrogen) atoms. The van der Waals surface area contributed by atoms with Crippen molar-refractivity contribution >= 4 is 24.5 Å². The molecular weight excluding hydrogens is 597 g/mol. The number of aromatic carboxylic acids is 1. The van der Waals surface area contributed by atoms with Gasteiger partial charge in [-0.25, -0.2) is 14.3 Å². The molecule has 1 aromatic heterocycles. The number of carbonyl (C=O) groups is 2. The number of hydrogen-bond acceptors (Lipinski definition) is 10. The highest BCUT2D eigenvalue weighted by Gasteiger charge is 2.27. The summed E-state index contributed by atoms with van der Waals surface area (Å²) in [6.45, 7) is 10.7. The third-order valence-electron chi connectivity index (χ3n) is 5.60. The van der Waals surface area contributed by atoms with Gasteiger partial charge >= 0.3 is 25.6 Å². The van der Waals surface area contributed by atoms with E-state index in [0.717, 1.165) is 6.20 Å². The van der Waals surface area contributed by atoms with Crippen molar-refractivity contribution in [3.05, 3.63) is 47.8 Å². The molecule has 12 nitrogen and oxygen atoms in total. The number of esters is 1. The number of carboxylic acids is 1. The van der Waals surface area contributed by atoms with Crippen molar-refractivity contribution in [2.75, 3.05) is 26.4 Å². The lowest BCUT2D eigenvalue weighted by atomic mass is 9.78. The van der Waals surface area contributed by atoms with Crippen LogP contribution in [0.15, 0.2) is 36.7 Å². The van der Waals surface area contributed by atoms with Crippen LogP contribution < -0.4 is 24.4 Å². The third-order valence-corrected chi connectivity index (χ3v) is 5.60. The minimum atomic E-state index is -2.77. The summed E-state index contributed by atoms with van der Waals surface area (Å²) in [5, 5.41) is 31.8. The number of rotatable bonds is 13. The molecule has 0 aliphatic rings. The first-order valence-electron chi connectivity index (χ1n) is 14.2. The summed E-state index contributed by atoms with van der Waals surface area (Å²) >= 11 is 0. The van der Waals surface area contributed by atoms with Gasteiger partial charge in [-0.05, 0) is 72.7 Å². The van der Waals surface area contributed by atoms with Gasteiger partial charge < -0.3 is 38.8 Å². The van der Waals surface area contributed by atoms with Crippen LogP contribution in [-0.2, 0) is 4.74 Å². The number of carbonyl (C=O) groups excluding carboxylic acids is 1. The zero-order valence-electron chi connectivity index (χ0n) is 26.3. The van der Waals surface area contributed by atoms with E-state index in [4.69, 9.17) is 23.7 Å². The van der Waals surface area contributed by atoms with Crippen molar-refractivity contribution in [2.24, 2.45) is 0 Å². The van der Waals surface area contributed by atoms with E-state index in [9.17, 15) is 33.5 Å². The maximum absolute atomic E-state index is 12.7. The molecule has 0 aliphatic carbocycles. The Balaban J connectivity index is 0.000000314. The second-order valence-corrected chi connectivity index (χ2v) is 10.1. The van der Waals surface area contributed by atoms with Crippen molar-refractivity contribution < 1.29 is 57.2 Å². The smallest absolute Gasteiger partial charge is 0.494 e. The second kappa shape index (κ2) is 16.6. The highest BCUT2D eigenvalue weighted by Crippen LogP contribution is 2.40. The van der Waals surface area contributed by atoms with Crippen LogP contribution in [0.25, 0.3) is 11.1 Å². The Morgan fingerprint density at radius 1 is 0.844 bits per heavy atom. The van der Waals surface area contributed by atoms with E-state index in [-0.39, 0.29) is 52.8 Å². The van der Waals surface area contributed by atoms with Gasteiger partial charge in [0.15, 0.2) is 0 Å². The predicted octanol–water partition coefficient (Wildman–Crippen LogP) is 4.56. The Bertz CT molecular complexity index is 1390. The van der Waals surface area contributed by atoms with Crippen LogP contribution in [0.5, 0.6) is 23.0 Å². The molecule has 3 aromatic rings. The molecule has 0 bridgehead atoms. The summed E-state index contributed by atoms with van der Waals surface area (Å²) in [5.41, 5.74) is 0.424. The largest absolute Gasteiger partial charge is 0.496 e. The highest BCUT2D eigenvalue weighted by atomic mass is 19.3. The first-order chi connectivity index (χ1) is 21.2. The van der Waals surface area contributed by atoms with Crippen LogP contribution in [0.2, 0.25) is 0 Å². The highest BCUT2D eigenvalue weighted by molar-refractivity contribution is 6.61. The van der Waals surface area contributed by atoms with E-state index in [1.54, 1.807) is 48.5 Å². The van der Waals surface area contributed by atoms with Crippen LogP contribution in [0, 0.1) is 0 Å². The Morgan fingerprint density at radius 2 is 1.29 bits per heavy atom. The van der Waals surface area contributed by atoms with Crippen LogP contribution in [-0.4, -0.2) is 76.0 Å². The Kier molecular flexibility index (Phi) is 13.6. The molecule has 2 aromatic carbocycles. The van der Waals surface area contributed by atoms with Crippen LogP contribution in [0.4, 0.5) is 8.78 Å². The van der Waals surface area contributed by atoms with Crippen molar-refractivity contribution in [1.82, 2.24) is 9.78 Å². The number of hydrogen-bond donors (Lipinski definition) is 3. The molecule has 0 atom stereocenters. The number of ether oxygens (including phenoxy) is 5. The molecule has 0 amide bonds. The maximum Gasteiger partial charge on any atom is 0.496 e. The summed E-state index contributed by atoms with van der Waals surface area (Å²) in [4.78, 5) is 23.4. The molecule has 0 spiro atoms. The van der Waals surface area contributed by atoms with Gasteiger partial charge in [0.25, 0.3) is 0 Å². The summed E-state index contributed by atoms with van der Waals surface area (Å²) in [6.07, 6.45) is 2.42. The first kappa shape index (κ1) is 36.8. The van der Waals surface area contributed by atoms with Crippen molar-refractivity contribution in [3.8, 4) is 34.1 Å². The second-order valence-electron chi connectivity index (χ2n) is 10.1. The summed E-state index contributed by atoms with van der Waals surface area (Å²) in [6, 6.07) is 5.52. The zero-order valence-corrected chi connectivity index (χ0v) is 26.3. The topological polar surface area (TPSA) is 159 Å². The van der Waals surface area contributed by atoms with Gasteiger partial charge in [0, 0.05) is 11.8 Å². The molecule has 246 valence electrons. The van der Waals surface area contributed by atoms with Gasteiger partial charge in [-0.2, -0.15) is 13.9 Å². The van der Waals surface area contributed by atoms with Gasteiger partial charge in [0.05, 0.1) is 54.8 Å². The Morgan fingerprint density at radius 3 is 1.64 bits per heavy atom. The van der Waals surface area contributed by atoms with Gasteiger partial charge in [-0.15, -0.1) is 0 Å². The lowest BCUT2D eigenvalue weighted by molar-refractivity contribution is 0.00682. The minimum Gasteiger partial charge on any atom is -0.494 e. The number of halogens is 2. The van der Waals surface area contributed by atoms with E-state index in [1.165, 1.54) is 30.5 Å². The Labute approximate surface area is 260 Å². The number of carboxylic acid groups (broad SMARTS) is 1. The summed E-state index contributed by atoms with van der Waals surface area (Å²) < 4.78 is 53.0. The van der Waals surface area contributed by atoms with E-state index in [0.29, 0.717) is 29.0 Å². The summed E-state index contributed by atoms with van der Waals surface area (Å²) in [5.74, 6) is -0.821. The van der Waals surface area contributed by atoms with E-state index in [2.05, 4.69) is 5.10 Å². The van der Waals surface area contributed by atoms with Crippen molar-refractivity contribution in [1.29, 1.82) is 0 Å². The molecule has 3 rings (SSSR count). The molecule has 3 N–H and O–H groups in total. The third kappa shape index (κ3) is 10.4. The molecule has 0 saturated carbocycles. The van der Waals surface area contributed by atoms with Crippen LogP contribution in [0.3, 0.4) is 0 Å². The minimum absolute atomic E-state index is 0.0121. The average molecular weight is 636 g/mol. The molecule has 0 fully saturated rings. The molecule has 0 unspecified atom stereocenters. The van der Waals surface area contributed by atoms with E-state index >= 15 is 0 Å². The normalized spacial score (nSPS) is 10.9. The standard InChI is InChI=1S/C15H23BO6.C15H16F2N2O4/c1-6-20-11-8-10(14(17)22-15(3,4)5)9-12(21-7-2)13(11)16(18)19;1-3-22-11-5-9(14(20)21)6-12(23-4-2)13(11)10-7-18-19(8-10)15(16)17/h8-9,18-19H,6-7H2,1-5H3;5-8,15H,3-4H2,1-2H3,(H,20,21). The molecule has 0 aliphatic heterocycles. The zero-order chi connectivity index (χ0) is 33.9. The summed E-state index contributed by atoms with van der Waals surface area (Å²) in [7, 11) is -1.77. The molecule has 0 radical (unpaired) electrons. The fourth-order valence-corrected chi connectivity index (χ4v) is 3.97. The fourth-order valence-electron chi connectivity index (χ4n) is 3.97. The van der Waals surface area contributed by atoms with Gasteiger partial charge in [0.2, 0.25) is 0 Å². The average Bonchev–Trinajstić information content (AvgIpc) is 3.43. The molecule has 1 heterocycles. The predicted molar refractivity (Wildman–Crippen MR) is 162 cm³/mol. The quantitative estimate of drug-likeness (QED) is 0.178. The monoisotopic (exact) mass is 636 g/mol. The Hall–Kier alpha value is -4.37. The van der Waals surface area contributed by atoms with Crippen LogP contribution in [0.1, 0.15) is 75.7 Å². The number of nitrogens with zero attached hydrogens (tertiary/aromatic N) is 2. The van der Waals surface area contributed by atoms with Gasteiger partial charge in [-0.3, -0.25) is 0 Å². The van der Waals surface area contributed by atoms with E-state index < -0.39 is 31.2 Å². The van der Waals surface area contributed by atoms with Crippen molar-refractivity contribution in [3.63, 3.8) is 0 Å². The van der Waals surface area contributed by atoms with Crippen molar-refractivity contribution in [2.45, 2.75) is 60.6 Å². The molecule has 0 saturated heterocycles. The molecular formula is C30H39BF2N2O10. The van der Waals surface area contributed by atoms with Gasteiger partial charge in [-0.1, -0.05) is 0 Å². The number of benzene rings is 2. The van der Waals surface area contributed by atoms with Gasteiger partial charge in [0.1, 0.15) is 28.6 Å². The lowest BCUT2D eigenvalue weighted by Gasteiger charge is -2.21. The lowest BCUT2D eigenvalue weighted by Crippen LogP contribution is -2.34. The number of aromatic nitrogens is 2. The number of alkyl halides is 2. The van der Waals surface area contributed by atoms with E-state index in [1.807, 2.05) is 0 Å². The SMILES string of the molecule is CCOc1cc(C(=O)O)cc(OCC)c1-c1cnn(C(F)F)c1.CCOc1cc(C(=O)OC(C)(C)C)cc(OCC)c1B(O)O. The fraction of sp³-hybridized carbons (Fsp3) is 0.433.